The van der Waals surface area contributed by atoms with Gasteiger partial charge in [0.2, 0.25) is 5.88 Å². The molecule has 1 rings (SSSR count). The molecule has 4 nitrogen and oxygen atoms in total. The number of ether oxygens (including phenoxy) is 2. The van der Waals surface area contributed by atoms with Crippen LogP contribution in [0.5, 0.6) is 5.88 Å². The SMILES string of the molecule is CNCc1ccc(OCCOC(C)C)nc1. The predicted octanol–water partition coefficient (Wildman–Crippen LogP) is 1.60. The van der Waals surface area contributed by atoms with Gasteiger partial charge >= 0.3 is 0 Å². The number of pyridine rings is 1. The molecule has 0 amide bonds. The van der Waals surface area contributed by atoms with Crippen molar-refractivity contribution < 1.29 is 9.47 Å². The van der Waals surface area contributed by atoms with E-state index in [2.05, 4.69) is 10.3 Å². The third-order valence-electron chi connectivity index (χ3n) is 1.96. The first-order chi connectivity index (χ1) is 7.72. The van der Waals surface area contributed by atoms with Crippen molar-refractivity contribution in [3.05, 3.63) is 23.9 Å². The van der Waals surface area contributed by atoms with Gasteiger partial charge in [0.05, 0.1) is 12.7 Å². The summed E-state index contributed by atoms with van der Waals surface area (Å²) in [6.45, 7) is 5.97. The molecule has 16 heavy (non-hydrogen) atoms. The van der Waals surface area contributed by atoms with Gasteiger partial charge in [-0.2, -0.15) is 0 Å². The Morgan fingerprint density at radius 2 is 2.12 bits per heavy atom. The van der Waals surface area contributed by atoms with E-state index in [1.54, 1.807) is 0 Å². The molecule has 0 aromatic carbocycles. The fourth-order valence-electron chi connectivity index (χ4n) is 1.24. The number of rotatable bonds is 7. The molecule has 4 heteroatoms. The maximum absolute atomic E-state index is 5.43. The van der Waals surface area contributed by atoms with Gasteiger partial charge < -0.3 is 14.8 Å². The van der Waals surface area contributed by atoms with Crippen molar-refractivity contribution in [2.24, 2.45) is 0 Å². The fourth-order valence-corrected chi connectivity index (χ4v) is 1.24. The van der Waals surface area contributed by atoms with Crippen LogP contribution in [-0.2, 0) is 11.3 Å². The molecule has 1 aromatic heterocycles. The summed E-state index contributed by atoms with van der Waals surface area (Å²) >= 11 is 0. The van der Waals surface area contributed by atoms with E-state index in [1.165, 1.54) is 0 Å². The number of hydrogen-bond donors (Lipinski definition) is 1. The summed E-state index contributed by atoms with van der Waals surface area (Å²) in [5.41, 5.74) is 1.15. The summed E-state index contributed by atoms with van der Waals surface area (Å²) in [7, 11) is 1.91. The topological polar surface area (TPSA) is 43.4 Å². The Kier molecular flexibility index (Phi) is 5.82. The van der Waals surface area contributed by atoms with Crippen molar-refractivity contribution in [2.75, 3.05) is 20.3 Å². The standard InChI is InChI=1S/C12H20N2O2/c1-10(2)15-6-7-16-12-5-4-11(8-13-3)9-14-12/h4-5,9-10,13H,6-8H2,1-3H3. The summed E-state index contributed by atoms with van der Waals surface area (Å²) in [5.74, 6) is 0.646. The quantitative estimate of drug-likeness (QED) is 0.714. The second-order valence-corrected chi connectivity index (χ2v) is 3.80. The van der Waals surface area contributed by atoms with Gasteiger partial charge in [-0.15, -0.1) is 0 Å². The number of nitrogens with one attached hydrogen (secondary N) is 1. The van der Waals surface area contributed by atoms with Gasteiger partial charge in [0, 0.05) is 18.8 Å². The highest BCUT2D eigenvalue weighted by Crippen LogP contribution is 2.07. The summed E-state index contributed by atoms with van der Waals surface area (Å²) < 4.78 is 10.8. The zero-order chi connectivity index (χ0) is 11.8. The van der Waals surface area contributed by atoms with Crippen LogP contribution in [-0.4, -0.2) is 31.3 Å². The average molecular weight is 224 g/mol. The summed E-state index contributed by atoms with van der Waals surface area (Å²) in [6.07, 6.45) is 2.06. The zero-order valence-corrected chi connectivity index (χ0v) is 10.2. The van der Waals surface area contributed by atoms with Crippen molar-refractivity contribution in [3.8, 4) is 5.88 Å². The number of nitrogens with zero attached hydrogens (tertiary/aromatic N) is 1. The Hall–Kier alpha value is -1.13. The van der Waals surface area contributed by atoms with Crippen LogP contribution in [0.4, 0.5) is 0 Å². The van der Waals surface area contributed by atoms with Crippen LogP contribution in [0.1, 0.15) is 19.4 Å². The Bertz CT molecular complexity index is 286. The van der Waals surface area contributed by atoms with E-state index in [4.69, 9.17) is 9.47 Å². The Labute approximate surface area is 97.0 Å². The minimum absolute atomic E-state index is 0.245. The second-order valence-electron chi connectivity index (χ2n) is 3.80. The van der Waals surface area contributed by atoms with Crippen LogP contribution >= 0.6 is 0 Å². The first-order valence-corrected chi connectivity index (χ1v) is 5.56. The lowest BCUT2D eigenvalue weighted by atomic mass is 10.3. The molecule has 0 saturated heterocycles. The van der Waals surface area contributed by atoms with E-state index >= 15 is 0 Å². The second kappa shape index (κ2) is 7.19. The Morgan fingerprint density at radius 1 is 1.31 bits per heavy atom. The van der Waals surface area contributed by atoms with Crippen molar-refractivity contribution in [3.63, 3.8) is 0 Å². The minimum atomic E-state index is 0.245. The van der Waals surface area contributed by atoms with Gasteiger partial charge in [-0.05, 0) is 26.5 Å². The largest absolute Gasteiger partial charge is 0.475 e. The molecule has 0 aliphatic carbocycles. The molecule has 0 aliphatic rings. The fraction of sp³-hybridized carbons (Fsp3) is 0.583. The summed E-state index contributed by atoms with van der Waals surface area (Å²) in [5, 5.41) is 3.07. The normalized spacial score (nSPS) is 10.8. The first kappa shape index (κ1) is 12.9. The molecule has 0 bridgehead atoms. The van der Waals surface area contributed by atoms with E-state index in [1.807, 2.05) is 39.2 Å². The van der Waals surface area contributed by atoms with Gasteiger partial charge in [0.25, 0.3) is 0 Å². The maximum Gasteiger partial charge on any atom is 0.213 e. The van der Waals surface area contributed by atoms with Crippen LogP contribution in [0.15, 0.2) is 18.3 Å². The van der Waals surface area contributed by atoms with Crippen LogP contribution in [0.2, 0.25) is 0 Å². The average Bonchev–Trinajstić information content (AvgIpc) is 2.27. The summed E-state index contributed by atoms with van der Waals surface area (Å²) in [4.78, 5) is 4.20. The third kappa shape index (κ3) is 5.09. The van der Waals surface area contributed by atoms with E-state index in [0.717, 1.165) is 12.1 Å². The van der Waals surface area contributed by atoms with Crippen LogP contribution in [0.25, 0.3) is 0 Å². The summed E-state index contributed by atoms with van der Waals surface area (Å²) in [6, 6.07) is 3.88. The van der Waals surface area contributed by atoms with Gasteiger partial charge in [0.1, 0.15) is 6.61 Å². The smallest absolute Gasteiger partial charge is 0.213 e. The number of aromatic nitrogens is 1. The first-order valence-electron chi connectivity index (χ1n) is 5.56. The van der Waals surface area contributed by atoms with Gasteiger partial charge in [0.15, 0.2) is 0 Å². The predicted molar refractivity (Wildman–Crippen MR) is 63.6 cm³/mol. The van der Waals surface area contributed by atoms with Crippen LogP contribution in [0, 0.1) is 0 Å². The highest BCUT2D eigenvalue weighted by atomic mass is 16.5. The molecular formula is C12H20N2O2. The Morgan fingerprint density at radius 3 is 2.69 bits per heavy atom. The number of hydrogen-bond acceptors (Lipinski definition) is 4. The minimum Gasteiger partial charge on any atom is -0.475 e. The molecule has 0 spiro atoms. The lowest BCUT2D eigenvalue weighted by Crippen LogP contribution is -2.12. The highest BCUT2D eigenvalue weighted by molar-refractivity contribution is 5.17. The molecule has 1 N–H and O–H groups in total. The van der Waals surface area contributed by atoms with Gasteiger partial charge in [-0.25, -0.2) is 4.98 Å². The zero-order valence-electron chi connectivity index (χ0n) is 10.2. The van der Waals surface area contributed by atoms with Crippen LogP contribution in [0.3, 0.4) is 0 Å². The molecule has 1 heterocycles. The van der Waals surface area contributed by atoms with Gasteiger partial charge in [-0.1, -0.05) is 6.07 Å². The maximum atomic E-state index is 5.43. The van der Waals surface area contributed by atoms with Crippen molar-refractivity contribution in [1.82, 2.24) is 10.3 Å². The van der Waals surface area contributed by atoms with Crippen LogP contribution < -0.4 is 10.1 Å². The van der Waals surface area contributed by atoms with Crippen molar-refractivity contribution in [1.29, 1.82) is 0 Å². The Balaban J connectivity index is 2.26. The third-order valence-corrected chi connectivity index (χ3v) is 1.96. The molecule has 0 atom stereocenters. The van der Waals surface area contributed by atoms with E-state index in [0.29, 0.717) is 19.1 Å². The molecule has 0 radical (unpaired) electrons. The van der Waals surface area contributed by atoms with E-state index in [-0.39, 0.29) is 6.10 Å². The lowest BCUT2D eigenvalue weighted by molar-refractivity contribution is 0.0542. The van der Waals surface area contributed by atoms with Crippen molar-refractivity contribution >= 4 is 0 Å². The van der Waals surface area contributed by atoms with Gasteiger partial charge in [-0.3, -0.25) is 0 Å². The van der Waals surface area contributed by atoms with E-state index < -0.39 is 0 Å². The molecule has 90 valence electrons. The molecular weight excluding hydrogens is 204 g/mol. The highest BCUT2D eigenvalue weighted by Gasteiger charge is 1.97. The molecule has 0 aliphatic heterocycles. The van der Waals surface area contributed by atoms with E-state index in [9.17, 15) is 0 Å². The monoisotopic (exact) mass is 224 g/mol. The molecule has 0 saturated carbocycles. The molecule has 0 unspecified atom stereocenters. The molecule has 1 aromatic rings. The van der Waals surface area contributed by atoms with Crippen molar-refractivity contribution in [2.45, 2.75) is 26.5 Å². The lowest BCUT2D eigenvalue weighted by Gasteiger charge is -2.08. The molecule has 0 fully saturated rings.